The maximum Gasteiger partial charge on any atom is 0.263 e. The van der Waals surface area contributed by atoms with Crippen LogP contribution in [0.2, 0.25) is 0 Å². The molecule has 1 atom stereocenters. The van der Waals surface area contributed by atoms with E-state index in [0.29, 0.717) is 17.1 Å². The Morgan fingerprint density at radius 2 is 2.00 bits per heavy atom. The van der Waals surface area contributed by atoms with Crippen LogP contribution in [-0.4, -0.2) is 43.4 Å². The number of hydrogen-bond acceptors (Lipinski definition) is 4. The van der Waals surface area contributed by atoms with Crippen molar-refractivity contribution in [2.45, 2.75) is 25.9 Å². The van der Waals surface area contributed by atoms with E-state index in [9.17, 15) is 9.59 Å². The summed E-state index contributed by atoms with van der Waals surface area (Å²) in [4.78, 5) is 24.7. The first-order valence-electron chi connectivity index (χ1n) is 6.74. The third-order valence-electron chi connectivity index (χ3n) is 3.39. The lowest BCUT2D eigenvalue weighted by Crippen LogP contribution is -2.38. The number of rotatable bonds is 5. The molecule has 1 aromatic rings. The minimum atomic E-state index is -0.566. The molecule has 2 rings (SSSR count). The fraction of sp³-hybridized carbons (Fsp3) is 0.467. The number of carbonyl (C=O) groups excluding carboxylic acids is 2. The van der Waals surface area contributed by atoms with Gasteiger partial charge in [-0.3, -0.25) is 9.59 Å². The van der Waals surface area contributed by atoms with Gasteiger partial charge in [0.05, 0.1) is 7.11 Å². The van der Waals surface area contributed by atoms with Gasteiger partial charge in [0.2, 0.25) is 0 Å². The Morgan fingerprint density at radius 3 is 2.60 bits per heavy atom. The molecule has 1 fully saturated rings. The normalized spacial score (nSPS) is 15.8. The Labute approximate surface area is 118 Å². The molecule has 5 heteroatoms. The Kier molecular flexibility index (Phi) is 4.61. The minimum Gasteiger partial charge on any atom is -0.493 e. The van der Waals surface area contributed by atoms with E-state index in [1.807, 2.05) is 4.90 Å². The monoisotopic (exact) mass is 277 g/mol. The predicted molar refractivity (Wildman–Crippen MR) is 74.3 cm³/mol. The van der Waals surface area contributed by atoms with Crippen LogP contribution in [0.4, 0.5) is 0 Å². The number of ether oxygens (including phenoxy) is 2. The van der Waals surface area contributed by atoms with E-state index in [1.165, 1.54) is 7.11 Å². The Morgan fingerprint density at radius 1 is 1.30 bits per heavy atom. The number of nitrogens with zero attached hydrogens (tertiary/aromatic N) is 1. The standard InChI is InChI=1S/C15H19NO4/c1-11(15(18)16-7-3-4-8-16)20-13-6-5-12(10-17)9-14(13)19-2/h5-6,9-11H,3-4,7-8H2,1-2H3. The van der Waals surface area contributed by atoms with Crippen LogP contribution >= 0.6 is 0 Å². The van der Waals surface area contributed by atoms with E-state index in [4.69, 9.17) is 9.47 Å². The average Bonchev–Trinajstić information content (AvgIpc) is 3.00. The van der Waals surface area contributed by atoms with E-state index in [0.717, 1.165) is 32.2 Å². The fourth-order valence-electron chi connectivity index (χ4n) is 2.29. The molecule has 0 aliphatic carbocycles. The van der Waals surface area contributed by atoms with Gasteiger partial charge >= 0.3 is 0 Å². The highest BCUT2D eigenvalue weighted by Gasteiger charge is 2.25. The van der Waals surface area contributed by atoms with Crippen LogP contribution in [0, 0.1) is 0 Å². The zero-order valence-electron chi connectivity index (χ0n) is 11.8. The predicted octanol–water partition coefficient (Wildman–Crippen LogP) is 1.90. The van der Waals surface area contributed by atoms with Gasteiger partial charge in [-0.05, 0) is 38.0 Å². The maximum atomic E-state index is 12.2. The molecule has 0 spiro atoms. The summed E-state index contributed by atoms with van der Waals surface area (Å²) in [5, 5.41) is 0. The van der Waals surface area contributed by atoms with E-state index in [2.05, 4.69) is 0 Å². The molecule has 20 heavy (non-hydrogen) atoms. The summed E-state index contributed by atoms with van der Waals surface area (Å²) in [7, 11) is 1.50. The molecule has 1 unspecified atom stereocenters. The fourth-order valence-corrected chi connectivity index (χ4v) is 2.29. The van der Waals surface area contributed by atoms with Gasteiger partial charge in [0.1, 0.15) is 6.29 Å². The zero-order valence-corrected chi connectivity index (χ0v) is 11.8. The number of carbonyl (C=O) groups is 2. The van der Waals surface area contributed by atoms with E-state index < -0.39 is 6.10 Å². The molecule has 0 radical (unpaired) electrons. The molecule has 1 heterocycles. The quantitative estimate of drug-likeness (QED) is 0.771. The smallest absolute Gasteiger partial charge is 0.263 e. The molecule has 1 aliphatic rings. The van der Waals surface area contributed by atoms with Gasteiger partial charge in [-0.1, -0.05) is 0 Å². The van der Waals surface area contributed by atoms with Crippen molar-refractivity contribution in [2.24, 2.45) is 0 Å². The third kappa shape index (κ3) is 3.10. The van der Waals surface area contributed by atoms with Crippen LogP contribution in [-0.2, 0) is 4.79 Å². The lowest BCUT2D eigenvalue weighted by atomic mass is 10.2. The van der Waals surface area contributed by atoms with Gasteiger partial charge in [0.15, 0.2) is 17.6 Å². The Bertz CT molecular complexity index is 495. The van der Waals surface area contributed by atoms with Crippen molar-refractivity contribution in [2.75, 3.05) is 20.2 Å². The van der Waals surface area contributed by atoms with Crippen molar-refractivity contribution in [3.05, 3.63) is 23.8 Å². The van der Waals surface area contributed by atoms with Crippen LogP contribution in [0.1, 0.15) is 30.1 Å². The van der Waals surface area contributed by atoms with Gasteiger partial charge < -0.3 is 14.4 Å². The number of methoxy groups -OCH3 is 1. The van der Waals surface area contributed by atoms with Crippen LogP contribution in [0.5, 0.6) is 11.5 Å². The molecule has 1 aliphatic heterocycles. The molecule has 0 N–H and O–H groups in total. The highest BCUT2D eigenvalue weighted by atomic mass is 16.5. The van der Waals surface area contributed by atoms with E-state index >= 15 is 0 Å². The summed E-state index contributed by atoms with van der Waals surface area (Å²) in [6.45, 7) is 3.33. The topological polar surface area (TPSA) is 55.8 Å². The van der Waals surface area contributed by atoms with Crippen LogP contribution in [0.15, 0.2) is 18.2 Å². The van der Waals surface area contributed by atoms with Crippen LogP contribution in [0.25, 0.3) is 0 Å². The van der Waals surface area contributed by atoms with Gasteiger partial charge in [0, 0.05) is 18.7 Å². The minimum absolute atomic E-state index is 0.0102. The van der Waals surface area contributed by atoms with Gasteiger partial charge in [-0.25, -0.2) is 0 Å². The second kappa shape index (κ2) is 6.41. The van der Waals surface area contributed by atoms with Crippen LogP contribution < -0.4 is 9.47 Å². The second-order valence-electron chi connectivity index (χ2n) is 4.82. The molecular formula is C15H19NO4. The Hall–Kier alpha value is -2.04. The molecule has 1 saturated heterocycles. The van der Waals surface area contributed by atoms with E-state index in [-0.39, 0.29) is 5.91 Å². The number of aldehydes is 1. The molecule has 0 saturated carbocycles. The lowest BCUT2D eigenvalue weighted by Gasteiger charge is -2.22. The average molecular weight is 277 g/mol. The largest absolute Gasteiger partial charge is 0.493 e. The highest BCUT2D eigenvalue weighted by Crippen LogP contribution is 2.28. The molecule has 1 aromatic carbocycles. The summed E-state index contributed by atoms with van der Waals surface area (Å²) in [5.41, 5.74) is 0.507. The first-order valence-corrected chi connectivity index (χ1v) is 6.74. The first-order chi connectivity index (χ1) is 9.65. The first kappa shape index (κ1) is 14.4. The lowest BCUT2D eigenvalue weighted by molar-refractivity contribution is -0.136. The summed E-state index contributed by atoms with van der Waals surface area (Å²) >= 11 is 0. The third-order valence-corrected chi connectivity index (χ3v) is 3.39. The summed E-state index contributed by atoms with van der Waals surface area (Å²) in [6.07, 6.45) is 2.28. The van der Waals surface area contributed by atoms with Crippen LogP contribution in [0.3, 0.4) is 0 Å². The molecule has 108 valence electrons. The maximum absolute atomic E-state index is 12.2. The second-order valence-corrected chi connectivity index (χ2v) is 4.82. The molecule has 1 amide bonds. The van der Waals surface area contributed by atoms with Gasteiger partial charge in [0.25, 0.3) is 5.91 Å². The molecular weight excluding hydrogens is 258 g/mol. The zero-order chi connectivity index (χ0) is 14.5. The van der Waals surface area contributed by atoms with E-state index in [1.54, 1.807) is 25.1 Å². The number of amides is 1. The van der Waals surface area contributed by atoms with Crippen molar-refractivity contribution >= 4 is 12.2 Å². The number of benzene rings is 1. The van der Waals surface area contributed by atoms with Crippen molar-refractivity contribution in [1.29, 1.82) is 0 Å². The highest BCUT2D eigenvalue weighted by molar-refractivity contribution is 5.81. The molecule has 0 aromatic heterocycles. The molecule has 0 bridgehead atoms. The van der Waals surface area contributed by atoms with Crippen molar-refractivity contribution < 1.29 is 19.1 Å². The number of likely N-dealkylation sites (tertiary alicyclic amines) is 1. The van der Waals surface area contributed by atoms with Crippen molar-refractivity contribution in [1.82, 2.24) is 4.90 Å². The summed E-state index contributed by atoms with van der Waals surface area (Å²) in [5.74, 6) is 0.915. The molecule has 5 nitrogen and oxygen atoms in total. The Balaban J connectivity index is 2.08. The number of hydrogen-bond donors (Lipinski definition) is 0. The summed E-state index contributed by atoms with van der Waals surface area (Å²) < 4.78 is 10.9. The SMILES string of the molecule is COc1cc(C=O)ccc1OC(C)C(=O)N1CCCC1. The van der Waals surface area contributed by atoms with Gasteiger partial charge in [-0.15, -0.1) is 0 Å². The summed E-state index contributed by atoms with van der Waals surface area (Å²) in [6, 6.07) is 4.88. The van der Waals surface area contributed by atoms with Crippen molar-refractivity contribution in [3.8, 4) is 11.5 Å². The van der Waals surface area contributed by atoms with Crippen molar-refractivity contribution in [3.63, 3.8) is 0 Å². The van der Waals surface area contributed by atoms with Gasteiger partial charge in [-0.2, -0.15) is 0 Å².